The Morgan fingerprint density at radius 1 is 0.881 bits per heavy atom. The van der Waals surface area contributed by atoms with Crippen LogP contribution in [0.1, 0.15) is 84.1 Å². The van der Waals surface area contributed by atoms with Crippen molar-refractivity contribution in [1.29, 1.82) is 0 Å². The number of primary amides is 1. The Morgan fingerprint density at radius 2 is 1.50 bits per heavy atom. The second-order valence-corrected chi connectivity index (χ2v) is 11.1. The molecule has 0 radical (unpaired) electrons. The topological polar surface area (TPSA) is 162 Å². The highest BCUT2D eigenvalue weighted by Crippen LogP contribution is 2.19. The lowest BCUT2D eigenvalue weighted by Gasteiger charge is -2.31. The molecule has 2 rings (SSSR count). The van der Waals surface area contributed by atoms with Gasteiger partial charge in [0.25, 0.3) is 11.8 Å². The summed E-state index contributed by atoms with van der Waals surface area (Å²) in [6, 6.07) is 12.1. The van der Waals surface area contributed by atoms with E-state index in [1.54, 1.807) is 29.2 Å². The third kappa shape index (κ3) is 9.66. The Labute approximate surface area is 248 Å². The Hall–Kier alpha value is -3.76. The first-order chi connectivity index (χ1) is 19.9. The zero-order valence-corrected chi connectivity index (χ0v) is 25.3. The summed E-state index contributed by atoms with van der Waals surface area (Å²) < 4.78 is 0. The van der Waals surface area contributed by atoms with E-state index in [1.165, 1.54) is 25.1 Å². The Morgan fingerprint density at radius 3 is 2.05 bits per heavy atom. The van der Waals surface area contributed by atoms with E-state index >= 15 is 0 Å². The van der Waals surface area contributed by atoms with Gasteiger partial charge in [-0.3, -0.25) is 19.2 Å². The minimum Gasteiger partial charge on any atom is -0.390 e. The van der Waals surface area contributed by atoms with Crippen molar-refractivity contribution < 1.29 is 29.4 Å². The monoisotopic (exact) mass is 582 g/mol. The number of hydrogen-bond acceptors (Lipinski definition) is 6. The van der Waals surface area contributed by atoms with Gasteiger partial charge in [0.2, 0.25) is 11.8 Å². The largest absolute Gasteiger partial charge is 0.390 e. The van der Waals surface area contributed by atoms with Gasteiger partial charge in [-0.15, -0.1) is 0 Å². The highest BCUT2D eigenvalue weighted by atomic mass is 16.3. The molecule has 0 heterocycles. The van der Waals surface area contributed by atoms with Crippen molar-refractivity contribution in [2.45, 2.75) is 72.1 Å². The van der Waals surface area contributed by atoms with Gasteiger partial charge in [-0.25, -0.2) is 0 Å². The van der Waals surface area contributed by atoms with Crippen molar-refractivity contribution in [1.82, 2.24) is 15.5 Å². The zero-order valence-electron chi connectivity index (χ0n) is 25.3. The highest BCUT2D eigenvalue weighted by molar-refractivity contribution is 6.08. The number of benzene rings is 2. The smallest absolute Gasteiger partial charge is 0.253 e. The van der Waals surface area contributed by atoms with Crippen LogP contribution in [0.2, 0.25) is 0 Å². The summed E-state index contributed by atoms with van der Waals surface area (Å²) in [6.45, 7) is 10.8. The number of nitrogens with zero attached hydrogens (tertiary/aromatic N) is 1. The van der Waals surface area contributed by atoms with E-state index < -0.39 is 41.9 Å². The molecule has 6 N–H and O–H groups in total. The first kappa shape index (κ1) is 34.4. The van der Waals surface area contributed by atoms with Gasteiger partial charge in [0.05, 0.1) is 29.2 Å². The molecule has 0 aliphatic heterocycles. The van der Waals surface area contributed by atoms with E-state index in [9.17, 15) is 29.4 Å². The molecular formula is C32H46N4O6. The lowest BCUT2D eigenvalue weighted by molar-refractivity contribution is -0.131. The predicted octanol–water partition coefficient (Wildman–Crippen LogP) is 2.52. The van der Waals surface area contributed by atoms with E-state index in [0.29, 0.717) is 19.6 Å². The van der Waals surface area contributed by atoms with E-state index in [0.717, 1.165) is 18.4 Å². The molecule has 230 valence electrons. The number of amides is 4. The number of carbonyl (C=O) groups excluding carboxylic acids is 4. The Bertz CT molecular complexity index is 1200. The number of rotatable bonds is 16. The van der Waals surface area contributed by atoms with Gasteiger partial charge in [-0.05, 0) is 48.9 Å². The third-order valence-electron chi connectivity index (χ3n) is 7.04. The molecule has 0 unspecified atom stereocenters. The Kier molecular flexibility index (Phi) is 13.6. The summed E-state index contributed by atoms with van der Waals surface area (Å²) in [5.41, 5.74) is 6.35. The normalized spacial score (nSPS) is 14.0. The van der Waals surface area contributed by atoms with Crippen LogP contribution in [0.25, 0.3) is 0 Å². The molecule has 4 amide bonds. The van der Waals surface area contributed by atoms with E-state index in [1.807, 2.05) is 33.8 Å². The molecule has 0 bridgehead atoms. The highest BCUT2D eigenvalue weighted by Gasteiger charge is 2.35. The van der Waals surface area contributed by atoms with Gasteiger partial charge in [-0.2, -0.15) is 0 Å². The number of carbonyl (C=O) groups is 4. The maximum Gasteiger partial charge on any atom is 0.253 e. The summed E-state index contributed by atoms with van der Waals surface area (Å²) in [5, 5.41) is 27.7. The summed E-state index contributed by atoms with van der Waals surface area (Å²) in [6.07, 6.45) is -1.41. The molecule has 0 fully saturated rings. The molecule has 0 saturated carbocycles. The number of hydrogen-bond donors (Lipinski definition) is 5. The van der Waals surface area contributed by atoms with Crippen LogP contribution in [0, 0.1) is 11.8 Å². The van der Waals surface area contributed by atoms with Gasteiger partial charge in [-0.1, -0.05) is 65.0 Å². The van der Waals surface area contributed by atoms with Crippen LogP contribution in [0.4, 0.5) is 0 Å². The van der Waals surface area contributed by atoms with Crippen LogP contribution in [0.15, 0.2) is 48.5 Å². The van der Waals surface area contributed by atoms with Crippen LogP contribution in [-0.4, -0.2) is 76.6 Å². The van der Waals surface area contributed by atoms with Gasteiger partial charge in [0.1, 0.15) is 6.10 Å². The molecule has 42 heavy (non-hydrogen) atoms. The molecule has 0 spiro atoms. The quantitative estimate of drug-likeness (QED) is 0.204. The van der Waals surface area contributed by atoms with Gasteiger partial charge >= 0.3 is 0 Å². The Balaban J connectivity index is 2.42. The average molecular weight is 583 g/mol. The number of nitrogens with two attached hydrogens (primary N) is 1. The molecular weight excluding hydrogens is 536 g/mol. The van der Waals surface area contributed by atoms with Gasteiger partial charge < -0.3 is 31.5 Å². The molecule has 0 aromatic heterocycles. The third-order valence-corrected chi connectivity index (χ3v) is 7.04. The molecule has 0 saturated heterocycles. The molecule has 10 heteroatoms. The van der Waals surface area contributed by atoms with Gasteiger partial charge in [0, 0.05) is 25.2 Å². The molecule has 0 aliphatic carbocycles. The second kappa shape index (κ2) is 16.6. The first-order valence-electron chi connectivity index (χ1n) is 14.6. The fourth-order valence-corrected chi connectivity index (χ4v) is 4.64. The molecule has 4 atom stereocenters. The lowest BCUT2D eigenvalue weighted by Crippen LogP contribution is -2.53. The standard InChI is InChI=1S/C32H46N4O6/c1-6-15-36(16-7-2)32(42)23-13-14-24(29(33)39)25(18-23)31(41)35-26(17-22-11-9-8-10-12-22)28(38)27(37)21(5)30(40)34-19-20(3)4/h8-14,18,20-21,26-28,37-38H,6-7,15-17,19H2,1-5H3,(H2,33,39)(H,34,40)(H,35,41)/t21-,26+,27-,28-/m1/s1. The van der Waals surface area contributed by atoms with Crippen LogP contribution in [-0.2, 0) is 11.2 Å². The summed E-state index contributed by atoms with van der Waals surface area (Å²) in [7, 11) is 0. The maximum absolute atomic E-state index is 13.7. The van der Waals surface area contributed by atoms with Crippen LogP contribution < -0.4 is 16.4 Å². The van der Waals surface area contributed by atoms with Crippen molar-refractivity contribution in [3.8, 4) is 0 Å². The van der Waals surface area contributed by atoms with Crippen LogP contribution in [0.3, 0.4) is 0 Å². The van der Waals surface area contributed by atoms with Crippen molar-refractivity contribution >= 4 is 23.6 Å². The van der Waals surface area contributed by atoms with Crippen molar-refractivity contribution in [3.63, 3.8) is 0 Å². The summed E-state index contributed by atoms with van der Waals surface area (Å²) in [5.74, 6) is -3.08. The number of nitrogens with one attached hydrogen (secondary N) is 2. The van der Waals surface area contributed by atoms with Crippen LogP contribution >= 0.6 is 0 Å². The fraction of sp³-hybridized carbons (Fsp3) is 0.500. The molecule has 2 aromatic rings. The summed E-state index contributed by atoms with van der Waals surface area (Å²) >= 11 is 0. The SMILES string of the molecule is CCCN(CCC)C(=O)c1ccc(C(N)=O)c(C(=O)N[C@@H](Cc2ccccc2)[C@@H](O)[C@H](O)[C@@H](C)C(=O)NCC(C)C)c1. The fourth-order valence-electron chi connectivity index (χ4n) is 4.64. The van der Waals surface area contributed by atoms with Crippen molar-refractivity contribution in [2.24, 2.45) is 17.6 Å². The van der Waals surface area contributed by atoms with Crippen molar-refractivity contribution in [2.75, 3.05) is 19.6 Å². The van der Waals surface area contributed by atoms with E-state index in [2.05, 4.69) is 10.6 Å². The average Bonchev–Trinajstić information content (AvgIpc) is 2.97. The minimum absolute atomic E-state index is 0.0866. The molecule has 10 nitrogen and oxygen atoms in total. The predicted molar refractivity (Wildman–Crippen MR) is 162 cm³/mol. The molecule has 0 aliphatic rings. The lowest BCUT2D eigenvalue weighted by atomic mass is 9.90. The second-order valence-electron chi connectivity index (χ2n) is 11.1. The maximum atomic E-state index is 13.7. The van der Waals surface area contributed by atoms with Crippen LogP contribution in [0.5, 0.6) is 0 Å². The number of aliphatic hydroxyl groups is 2. The van der Waals surface area contributed by atoms with Crippen molar-refractivity contribution in [3.05, 3.63) is 70.8 Å². The van der Waals surface area contributed by atoms with E-state index in [-0.39, 0.29) is 34.9 Å². The summed E-state index contributed by atoms with van der Waals surface area (Å²) in [4.78, 5) is 53.5. The van der Waals surface area contributed by atoms with Gasteiger partial charge in [0.15, 0.2) is 0 Å². The number of aliphatic hydroxyl groups excluding tert-OH is 2. The zero-order chi connectivity index (χ0) is 31.4. The minimum atomic E-state index is -1.54. The first-order valence-corrected chi connectivity index (χ1v) is 14.6. The molecule has 2 aromatic carbocycles. The van der Waals surface area contributed by atoms with E-state index in [4.69, 9.17) is 5.73 Å².